The Morgan fingerprint density at radius 1 is 1.76 bits per heavy atom. The summed E-state index contributed by atoms with van der Waals surface area (Å²) >= 11 is 0. The third-order valence-corrected chi connectivity index (χ3v) is 2.05. The highest BCUT2D eigenvalue weighted by Crippen LogP contribution is 2.20. The van der Waals surface area contributed by atoms with Crippen molar-refractivity contribution in [2.24, 2.45) is 7.05 Å². The van der Waals surface area contributed by atoms with Crippen molar-refractivity contribution >= 4 is 5.97 Å². The first-order valence-electron chi connectivity index (χ1n) is 4.77. The van der Waals surface area contributed by atoms with E-state index < -0.39 is 23.0 Å². The van der Waals surface area contributed by atoms with Crippen LogP contribution in [0.3, 0.4) is 0 Å². The normalized spacial score (nSPS) is 14.1. The summed E-state index contributed by atoms with van der Waals surface area (Å²) in [5.74, 6) is -1.35. The van der Waals surface area contributed by atoms with Crippen LogP contribution >= 0.6 is 0 Å². The average Bonchev–Trinajstić information content (AvgIpc) is 2.64. The number of rotatable bonds is 5. The van der Waals surface area contributed by atoms with Crippen LogP contribution in [0.5, 0.6) is 0 Å². The second kappa shape index (κ2) is 4.87. The molecule has 9 nitrogen and oxygen atoms in total. The fourth-order valence-electron chi connectivity index (χ4n) is 1.33. The second-order valence-electron chi connectivity index (χ2n) is 3.28. The molecular weight excluding hydrogens is 232 g/mol. The maximum atomic E-state index is 11.6. The predicted molar refractivity (Wildman–Crippen MR) is 53.4 cm³/mol. The summed E-state index contributed by atoms with van der Waals surface area (Å²) in [6.07, 6.45) is 1.08. The number of ether oxygens (including phenoxy) is 1. The summed E-state index contributed by atoms with van der Waals surface area (Å²) in [6.45, 7) is 0.496. The predicted octanol–water partition coefficient (Wildman–Crippen LogP) is -1.16. The molecule has 0 aliphatic rings. The Labute approximate surface area is 96.2 Å². The van der Waals surface area contributed by atoms with Crippen LogP contribution in [0.4, 0.5) is 0 Å². The number of hydrogen-bond acceptors (Lipinski definition) is 7. The van der Waals surface area contributed by atoms with Crippen LogP contribution in [-0.2, 0) is 22.2 Å². The zero-order chi connectivity index (χ0) is 13.1. The van der Waals surface area contributed by atoms with Gasteiger partial charge in [0, 0.05) is 12.0 Å². The van der Waals surface area contributed by atoms with Gasteiger partial charge in [-0.25, -0.2) is 14.5 Å². The van der Waals surface area contributed by atoms with Crippen LogP contribution in [0.2, 0.25) is 0 Å². The standard InChI is InChI=1S/C8H12N4O5/c1-3-17-7(13)8(14,4-12(15)16)6-9-5-10-11(6)2/h5,14H,3-4H2,1-2H3. The number of hydrogen-bond donors (Lipinski definition) is 1. The van der Waals surface area contributed by atoms with Crippen molar-refractivity contribution in [1.82, 2.24) is 14.8 Å². The SMILES string of the molecule is CCOC(=O)C(O)(C[N+](=O)[O-])c1ncnn1C. The van der Waals surface area contributed by atoms with E-state index in [4.69, 9.17) is 0 Å². The number of aliphatic hydroxyl groups is 1. The monoisotopic (exact) mass is 244 g/mol. The van der Waals surface area contributed by atoms with Gasteiger partial charge in [-0.05, 0) is 6.92 Å². The minimum absolute atomic E-state index is 0.00326. The molecule has 1 rings (SSSR count). The molecule has 0 radical (unpaired) electrons. The Morgan fingerprint density at radius 3 is 2.82 bits per heavy atom. The van der Waals surface area contributed by atoms with Crippen LogP contribution in [-0.4, -0.2) is 43.9 Å². The van der Waals surface area contributed by atoms with Gasteiger partial charge >= 0.3 is 5.97 Å². The van der Waals surface area contributed by atoms with Crippen molar-refractivity contribution in [2.45, 2.75) is 12.5 Å². The van der Waals surface area contributed by atoms with E-state index in [1.165, 1.54) is 14.0 Å². The number of esters is 1. The van der Waals surface area contributed by atoms with Crippen LogP contribution in [0.15, 0.2) is 6.33 Å². The number of aromatic nitrogens is 3. The fourth-order valence-corrected chi connectivity index (χ4v) is 1.33. The first-order chi connectivity index (χ1) is 7.91. The van der Waals surface area contributed by atoms with Crippen LogP contribution in [0, 0.1) is 10.1 Å². The van der Waals surface area contributed by atoms with Gasteiger partial charge in [-0.1, -0.05) is 0 Å². The van der Waals surface area contributed by atoms with Crippen LogP contribution in [0.1, 0.15) is 12.7 Å². The van der Waals surface area contributed by atoms with Gasteiger partial charge in [-0.15, -0.1) is 0 Å². The van der Waals surface area contributed by atoms with Gasteiger partial charge in [0.2, 0.25) is 0 Å². The Kier molecular flexibility index (Phi) is 3.73. The zero-order valence-electron chi connectivity index (χ0n) is 9.36. The lowest BCUT2D eigenvalue weighted by Crippen LogP contribution is -2.45. The highest BCUT2D eigenvalue weighted by molar-refractivity contribution is 5.80. The molecule has 0 aliphatic heterocycles. The van der Waals surface area contributed by atoms with Gasteiger partial charge in [-0.3, -0.25) is 10.1 Å². The highest BCUT2D eigenvalue weighted by atomic mass is 16.6. The number of nitrogens with zero attached hydrogens (tertiary/aromatic N) is 4. The topological polar surface area (TPSA) is 120 Å². The lowest BCUT2D eigenvalue weighted by molar-refractivity contribution is -0.499. The molecule has 0 fully saturated rings. The van der Waals surface area contributed by atoms with E-state index in [2.05, 4.69) is 14.8 Å². The van der Waals surface area contributed by atoms with Crippen molar-refractivity contribution < 1.29 is 19.6 Å². The van der Waals surface area contributed by atoms with Crippen molar-refractivity contribution in [3.63, 3.8) is 0 Å². The smallest absolute Gasteiger partial charge is 0.353 e. The first-order valence-corrected chi connectivity index (χ1v) is 4.77. The third kappa shape index (κ3) is 2.56. The molecule has 1 N–H and O–H groups in total. The minimum atomic E-state index is -2.43. The molecule has 1 aromatic heterocycles. The van der Waals surface area contributed by atoms with E-state index >= 15 is 0 Å². The van der Waals surface area contributed by atoms with E-state index in [0.29, 0.717) is 0 Å². The molecule has 0 aliphatic carbocycles. The van der Waals surface area contributed by atoms with Crippen LogP contribution in [0.25, 0.3) is 0 Å². The molecule has 9 heteroatoms. The molecule has 0 saturated heterocycles. The van der Waals surface area contributed by atoms with Crippen molar-refractivity contribution in [3.05, 3.63) is 22.3 Å². The molecule has 0 spiro atoms. The summed E-state index contributed by atoms with van der Waals surface area (Å²) < 4.78 is 5.70. The molecular formula is C8H12N4O5. The van der Waals surface area contributed by atoms with Gasteiger partial charge in [0.1, 0.15) is 6.33 Å². The lowest BCUT2D eigenvalue weighted by atomic mass is 10.0. The molecule has 0 aromatic carbocycles. The molecule has 0 saturated carbocycles. The lowest BCUT2D eigenvalue weighted by Gasteiger charge is -2.20. The fraction of sp³-hybridized carbons (Fsp3) is 0.625. The molecule has 1 unspecified atom stereocenters. The van der Waals surface area contributed by atoms with Gasteiger partial charge < -0.3 is 9.84 Å². The van der Waals surface area contributed by atoms with E-state index in [1.54, 1.807) is 0 Å². The van der Waals surface area contributed by atoms with Gasteiger partial charge in [0.15, 0.2) is 5.82 Å². The Morgan fingerprint density at radius 2 is 2.41 bits per heavy atom. The van der Waals surface area contributed by atoms with E-state index in [1.807, 2.05) is 0 Å². The number of aryl methyl sites for hydroxylation is 1. The highest BCUT2D eigenvalue weighted by Gasteiger charge is 2.48. The average molecular weight is 244 g/mol. The Bertz CT molecular complexity index is 431. The van der Waals surface area contributed by atoms with Crippen molar-refractivity contribution in [3.8, 4) is 0 Å². The summed E-state index contributed by atoms with van der Waals surface area (Å²) in [7, 11) is 1.41. The Balaban J connectivity index is 3.14. The van der Waals surface area contributed by atoms with E-state index in [-0.39, 0.29) is 12.4 Å². The number of nitro groups is 1. The van der Waals surface area contributed by atoms with Gasteiger partial charge in [0.25, 0.3) is 12.1 Å². The van der Waals surface area contributed by atoms with Crippen molar-refractivity contribution in [1.29, 1.82) is 0 Å². The molecule has 1 heterocycles. The van der Waals surface area contributed by atoms with E-state index in [0.717, 1.165) is 11.0 Å². The largest absolute Gasteiger partial charge is 0.463 e. The zero-order valence-corrected chi connectivity index (χ0v) is 9.36. The third-order valence-electron chi connectivity index (χ3n) is 2.05. The maximum Gasteiger partial charge on any atom is 0.353 e. The molecule has 17 heavy (non-hydrogen) atoms. The van der Waals surface area contributed by atoms with Crippen molar-refractivity contribution in [2.75, 3.05) is 13.2 Å². The molecule has 0 amide bonds. The minimum Gasteiger partial charge on any atom is -0.463 e. The number of carbonyl (C=O) groups excluding carboxylic acids is 1. The van der Waals surface area contributed by atoms with Gasteiger partial charge in [0.05, 0.1) is 6.61 Å². The quantitative estimate of drug-likeness (QED) is 0.394. The second-order valence-corrected chi connectivity index (χ2v) is 3.28. The number of carbonyl (C=O) groups is 1. The summed E-state index contributed by atoms with van der Waals surface area (Å²) in [5, 5.41) is 24.2. The maximum absolute atomic E-state index is 11.6. The van der Waals surface area contributed by atoms with Gasteiger partial charge in [-0.2, -0.15) is 5.10 Å². The molecule has 94 valence electrons. The molecule has 0 bridgehead atoms. The first kappa shape index (κ1) is 13.0. The summed E-state index contributed by atoms with van der Waals surface area (Å²) in [4.78, 5) is 24.9. The molecule has 1 atom stereocenters. The summed E-state index contributed by atoms with van der Waals surface area (Å²) in [6, 6.07) is 0. The van der Waals surface area contributed by atoms with Crippen LogP contribution < -0.4 is 0 Å². The molecule has 1 aromatic rings. The summed E-state index contributed by atoms with van der Waals surface area (Å²) in [5.41, 5.74) is -2.43. The Hall–Kier alpha value is -2.03. The van der Waals surface area contributed by atoms with E-state index in [9.17, 15) is 20.0 Å².